The number of nitro groups is 1. The molecule has 1 atom stereocenters. The highest BCUT2D eigenvalue weighted by molar-refractivity contribution is 6.03. The summed E-state index contributed by atoms with van der Waals surface area (Å²) in [6, 6.07) is 42.9. The molecule has 0 fully saturated rings. The molecule has 2 heterocycles. The third-order valence-electron chi connectivity index (χ3n) is 7.74. The number of hydrogen-bond acceptors (Lipinski definition) is 7. The highest BCUT2D eigenvalue weighted by Gasteiger charge is 2.30. The lowest BCUT2D eigenvalue weighted by Gasteiger charge is -2.24. The normalized spacial score (nSPS) is 14.5. The zero-order valence-electron chi connectivity index (χ0n) is 24.1. The number of nitrogens with zero attached hydrogens (tertiary/aromatic N) is 5. The summed E-state index contributed by atoms with van der Waals surface area (Å²) < 4.78 is 5.88. The monoisotopic (exact) mass is 589 g/mol. The Morgan fingerprint density at radius 1 is 0.667 bits per heavy atom. The number of nitro benzene ring substituents is 1. The molecule has 8 nitrogen and oxygen atoms in total. The first-order chi connectivity index (χ1) is 22.1. The molecule has 5 aromatic carbocycles. The number of aromatic nitrogens is 2. The zero-order valence-corrected chi connectivity index (χ0v) is 24.1. The van der Waals surface area contributed by atoms with Gasteiger partial charge < -0.3 is 4.42 Å². The number of hydrazone groups is 1. The fourth-order valence-corrected chi connectivity index (χ4v) is 5.34. The Bertz CT molecular complexity index is 1980. The van der Waals surface area contributed by atoms with Crippen LogP contribution in [0.2, 0.25) is 0 Å². The Kier molecular flexibility index (Phi) is 7.51. The number of rotatable bonds is 8. The van der Waals surface area contributed by atoms with Crippen molar-refractivity contribution in [2.24, 2.45) is 5.10 Å². The Balaban J connectivity index is 1.07. The molecule has 1 aromatic heterocycles. The van der Waals surface area contributed by atoms with Crippen LogP contribution in [0.5, 0.6) is 0 Å². The minimum atomic E-state index is -0.387. The van der Waals surface area contributed by atoms with Crippen LogP contribution < -0.4 is 5.01 Å². The second-order valence-corrected chi connectivity index (χ2v) is 10.7. The molecule has 1 aliphatic rings. The fraction of sp³-hybridized carbons (Fsp3) is 0.0541. The lowest BCUT2D eigenvalue weighted by Crippen LogP contribution is -2.18. The number of benzene rings is 5. The molecule has 8 heteroatoms. The molecule has 6 aromatic rings. The van der Waals surface area contributed by atoms with Crippen molar-refractivity contribution in [2.75, 3.05) is 5.01 Å². The molecular weight excluding hydrogens is 562 g/mol. The van der Waals surface area contributed by atoms with Crippen molar-refractivity contribution in [3.05, 3.63) is 166 Å². The summed E-state index contributed by atoms with van der Waals surface area (Å²) >= 11 is 0. The smallest absolute Gasteiger partial charge is 0.269 e. The third kappa shape index (κ3) is 6.03. The first-order valence-electron chi connectivity index (χ1n) is 14.5. The molecule has 0 saturated heterocycles. The lowest BCUT2D eigenvalue weighted by atomic mass is 9.98. The predicted octanol–water partition coefficient (Wildman–Crippen LogP) is 8.84. The maximum absolute atomic E-state index is 11.1. The SMILES string of the molecule is O=[N+]([O-])c1ccc(C2=NN(c3ccc(/C=C/c4ccc(-c5nnc(-c6ccccc6)o5)cc4)cc3)[C@@H](c3ccccc3)C2)cc1. The minimum absolute atomic E-state index is 0.0129. The summed E-state index contributed by atoms with van der Waals surface area (Å²) in [5, 5.41) is 26.5. The zero-order chi connectivity index (χ0) is 30.6. The van der Waals surface area contributed by atoms with E-state index >= 15 is 0 Å². The molecule has 7 rings (SSSR count). The first kappa shape index (κ1) is 27.7. The van der Waals surface area contributed by atoms with Crippen LogP contribution in [0.15, 0.2) is 143 Å². The molecule has 0 saturated carbocycles. The third-order valence-corrected chi connectivity index (χ3v) is 7.74. The van der Waals surface area contributed by atoms with Crippen molar-refractivity contribution in [3.63, 3.8) is 0 Å². The maximum atomic E-state index is 11.1. The van der Waals surface area contributed by atoms with Crippen LogP contribution in [0.25, 0.3) is 35.1 Å². The van der Waals surface area contributed by atoms with E-state index in [0.717, 1.165) is 44.8 Å². The topological polar surface area (TPSA) is 97.7 Å². The van der Waals surface area contributed by atoms with Crippen LogP contribution in [0, 0.1) is 10.1 Å². The van der Waals surface area contributed by atoms with Gasteiger partial charge in [0.25, 0.3) is 5.69 Å². The van der Waals surface area contributed by atoms with Gasteiger partial charge in [-0.1, -0.05) is 84.9 Å². The molecule has 0 spiro atoms. The fourth-order valence-electron chi connectivity index (χ4n) is 5.34. The number of anilines is 1. The van der Waals surface area contributed by atoms with E-state index < -0.39 is 0 Å². The van der Waals surface area contributed by atoms with E-state index in [2.05, 4.69) is 58.7 Å². The van der Waals surface area contributed by atoms with Gasteiger partial charge in [0.2, 0.25) is 11.8 Å². The number of hydrogen-bond donors (Lipinski definition) is 0. The first-order valence-corrected chi connectivity index (χ1v) is 14.5. The van der Waals surface area contributed by atoms with Crippen LogP contribution in [0.1, 0.15) is 34.7 Å². The quantitative estimate of drug-likeness (QED) is 0.0999. The predicted molar refractivity (Wildman–Crippen MR) is 176 cm³/mol. The average molecular weight is 590 g/mol. The molecule has 0 amide bonds. The van der Waals surface area contributed by atoms with Crippen molar-refractivity contribution in [2.45, 2.75) is 12.5 Å². The van der Waals surface area contributed by atoms with E-state index in [1.165, 1.54) is 12.1 Å². The summed E-state index contributed by atoms with van der Waals surface area (Å²) in [5.41, 5.74) is 7.82. The number of non-ortho nitro benzene ring substituents is 1. The van der Waals surface area contributed by atoms with Crippen LogP contribution in [-0.2, 0) is 0 Å². The van der Waals surface area contributed by atoms with Gasteiger partial charge in [0.15, 0.2) is 0 Å². The van der Waals surface area contributed by atoms with Crippen molar-refractivity contribution >= 4 is 29.2 Å². The second kappa shape index (κ2) is 12.2. The van der Waals surface area contributed by atoms with Crippen LogP contribution >= 0.6 is 0 Å². The average Bonchev–Trinajstić information content (AvgIpc) is 3.78. The van der Waals surface area contributed by atoms with Gasteiger partial charge in [0.05, 0.1) is 22.4 Å². The van der Waals surface area contributed by atoms with E-state index in [-0.39, 0.29) is 16.7 Å². The molecule has 0 aliphatic carbocycles. The lowest BCUT2D eigenvalue weighted by molar-refractivity contribution is -0.384. The minimum Gasteiger partial charge on any atom is -0.416 e. The van der Waals surface area contributed by atoms with Gasteiger partial charge in [-0.3, -0.25) is 15.1 Å². The van der Waals surface area contributed by atoms with Gasteiger partial charge in [-0.25, -0.2) is 0 Å². The largest absolute Gasteiger partial charge is 0.416 e. The molecular formula is C37H27N5O3. The van der Waals surface area contributed by atoms with Crippen molar-refractivity contribution < 1.29 is 9.34 Å². The Hall–Kier alpha value is -6.15. The van der Waals surface area contributed by atoms with Gasteiger partial charge in [-0.15, -0.1) is 10.2 Å². The Labute approximate surface area is 259 Å². The molecule has 45 heavy (non-hydrogen) atoms. The molecule has 218 valence electrons. The van der Waals surface area contributed by atoms with Crippen LogP contribution in [0.4, 0.5) is 11.4 Å². The summed E-state index contributed by atoms with van der Waals surface area (Å²) in [6.07, 6.45) is 4.83. The molecule has 0 bridgehead atoms. The maximum Gasteiger partial charge on any atom is 0.269 e. The van der Waals surface area contributed by atoms with Gasteiger partial charge in [0, 0.05) is 29.7 Å². The highest BCUT2D eigenvalue weighted by atomic mass is 16.6. The second-order valence-electron chi connectivity index (χ2n) is 10.7. The van der Waals surface area contributed by atoms with Crippen molar-refractivity contribution in [1.82, 2.24) is 10.2 Å². The van der Waals surface area contributed by atoms with Crippen molar-refractivity contribution in [1.29, 1.82) is 0 Å². The Morgan fingerprint density at radius 3 is 1.80 bits per heavy atom. The van der Waals surface area contributed by atoms with E-state index in [0.29, 0.717) is 18.2 Å². The molecule has 0 N–H and O–H groups in total. The molecule has 0 radical (unpaired) electrons. The summed E-state index contributed by atoms with van der Waals surface area (Å²) in [4.78, 5) is 10.7. The molecule has 1 aliphatic heterocycles. The van der Waals surface area contributed by atoms with Gasteiger partial charge >= 0.3 is 0 Å². The standard InChI is InChI=1S/C37H27N5O3/c43-42(44)33-23-19-28(20-24-33)34-25-35(29-7-3-1-4-8-29)41(40-34)32-21-15-27(16-22-32)12-11-26-13-17-31(18-14-26)37-39-38-36(45-37)30-9-5-2-6-10-30/h1-24,35H,25H2/b12-11+/t35-/m1/s1. The van der Waals surface area contributed by atoms with Crippen LogP contribution in [0.3, 0.4) is 0 Å². The van der Waals surface area contributed by atoms with E-state index in [1.807, 2.05) is 77.8 Å². The van der Waals surface area contributed by atoms with Gasteiger partial charge in [0.1, 0.15) is 0 Å². The van der Waals surface area contributed by atoms with E-state index in [4.69, 9.17) is 9.52 Å². The van der Waals surface area contributed by atoms with E-state index in [1.54, 1.807) is 12.1 Å². The van der Waals surface area contributed by atoms with Gasteiger partial charge in [-0.05, 0) is 70.8 Å². The van der Waals surface area contributed by atoms with Gasteiger partial charge in [-0.2, -0.15) is 5.10 Å². The van der Waals surface area contributed by atoms with Crippen LogP contribution in [-0.4, -0.2) is 20.8 Å². The Morgan fingerprint density at radius 2 is 1.20 bits per heavy atom. The van der Waals surface area contributed by atoms with E-state index in [9.17, 15) is 10.1 Å². The van der Waals surface area contributed by atoms with Crippen molar-refractivity contribution in [3.8, 4) is 22.9 Å². The summed E-state index contributed by atoms with van der Waals surface area (Å²) in [6.45, 7) is 0. The highest BCUT2D eigenvalue weighted by Crippen LogP contribution is 2.37. The molecule has 0 unspecified atom stereocenters. The summed E-state index contributed by atoms with van der Waals surface area (Å²) in [5.74, 6) is 0.977. The summed E-state index contributed by atoms with van der Waals surface area (Å²) in [7, 11) is 0.